The lowest BCUT2D eigenvalue weighted by Crippen LogP contribution is -2.08. The topological polar surface area (TPSA) is 38.9 Å². The number of hydrogen-bond donors (Lipinski definition) is 1. The third-order valence-corrected chi connectivity index (χ3v) is 5.59. The molecule has 0 bridgehead atoms. The third kappa shape index (κ3) is 2.42. The van der Waals surface area contributed by atoms with Crippen molar-refractivity contribution in [1.82, 2.24) is 4.98 Å². The summed E-state index contributed by atoms with van der Waals surface area (Å²) >= 11 is 2.24. The highest BCUT2D eigenvalue weighted by Gasteiger charge is 2.35. The largest absolute Gasteiger partial charge is 0.443 e. The van der Waals surface area contributed by atoms with E-state index >= 15 is 0 Å². The zero-order valence-electron chi connectivity index (χ0n) is 9.83. The van der Waals surface area contributed by atoms with Gasteiger partial charge >= 0.3 is 6.18 Å². The molecule has 0 aliphatic heterocycles. The predicted octanol–water partition coefficient (Wildman–Crippen LogP) is 3.76. The summed E-state index contributed by atoms with van der Waals surface area (Å²) in [6.45, 7) is 0. The maximum Gasteiger partial charge on any atom is 0.443 e. The number of halogens is 3. The number of nitrogens with zero attached hydrogens (tertiary/aromatic N) is 1. The number of aryl methyl sites for hydroxylation is 2. The Kier molecular flexibility index (Phi) is 3.15. The molecule has 0 saturated heterocycles. The molecule has 0 fully saturated rings. The molecule has 7 heteroatoms. The standard InChI is InChI=1S/C12H11F3N2S2/c13-12(14,15)11-17-5-9(19-11)10(16)8-4-6-2-1-3-7(6)18-8/h4-5,10H,1-3,16H2. The summed E-state index contributed by atoms with van der Waals surface area (Å²) in [4.78, 5) is 6.14. The average Bonchev–Trinajstić information content (AvgIpc) is 3.01. The van der Waals surface area contributed by atoms with Crippen LogP contribution >= 0.6 is 22.7 Å². The Labute approximate surface area is 116 Å². The average molecular weight is 304 g/mol. The van der Waals surface area contributed by atoms with E-state index in [1.54, 1.807) is 11.3 Å². The fourth-order valence-electron chi connectivity index (χ4n) is 2.21. The molecule has 0 saturated carbocycles. The van der Waals surface area contributed by atoms with E-state index < -0.39 is 17.2 Å². The number of hydrogen-bond acceptors (Lipinski definition) is 4. The Bertz CT molecular complexity index is 579. The normalized spacial score (nSPS) is 16.6. The molecule has 2 heterocycles. The van der Waals surface area contributed by atoms with Crippen molar-refractivity contribution in [2.75, 3.05) is 0 Å². The van der Waals surface area contributed by atoms with Gasteiger partial charge in [-0.2, -0.15) is 13.2 Å². The van der Waals surface area contributed by atoms with Crippen molar-refractivity contribution in [2.45, 2.75) is 31.5 Å². The SMILES string of the molecule is NC(c1cnc(C(F)(F)F)s1)c1cc2c(s1)CCC2. The summed E-state index contributed by atoms with van der Waals surface area (Å²) in [5.41, 5.74) is 7.35. The van der Waals surface area contributed by atoms with Crippen LogP contribution in [0.2, 0.25) is 0 Å². The van der Waals surface area contributed by atoms with E-state index in [2.05, 4.69) is 4.98 Å². The second-order valence-electron chi connectivity index (χ2n) is 4.49. The van der Waals surface area contributed by atoms with Gasteiger partial charge in [0.25, 0.3) is 0 Å². The lowest BCUT2D eigenvalue weighted by molar-refractivity contribution is -0.137. The molecule has 1 atom stereocenters. The smallest absolute Gasteiger partial charge is 0.319 e. The fourth-order valence-corrected chi connectivity index (χ4v) is 4.36. The fraction of sp³-hybridized carbons (Fsp3) is 0.417. The molecular weight excluding hydrogens is 293 g/mol. The second kappa shape index (κ2) is 4.57. The Morgan fingerprint density at radius 2 is 2.00 bits per heavy atom. The summed E-state index contributed by atoms with van der Waals surface area (Å²) in [5, 5.41) is -0.831. The van der Waals surface area contributed by atoms with Crippen LogP contribution in [0.15, 0.2) is 12.3 Å². The minimum atomic E-state index is -4.39. The molecule has 2 aromatic heterocycles. The maximum atomic E-state index is 12.5. The first-order valence-electron chi connectivity index (χ1n) is 5.85. The number of rotatable bonds is 2. The number of thiazole rings is 1. The number of aromatic nitrogens is 1. The lowest BCUT2D eigenvalue weighted by atomic mass is 10.2. The van der Waals surface area contributed by atoms with Gasteiger partial charge in [-0.1, -0.05) is 0 Å². The molecule has 1 aliphatic rings. The van der Waals surface area contributed by atoms with Crippen LogP contribution < -0.4 is 5.73 Å². The number of nitrogens with two attached hydrogens (primary N) is 1. The highest BCUT2D eigenvalue weighted by molar-refractivity contribution is 7.13. The van der Waals surface area contributed by atoms with Gasteiger partial charge in [0.1, 0.15) is 0 Å². The molecule has 0 radical (unpaired) electrons. The zero-order valence-corrected chi connectivity index (χ0v) is 11.5. The van der Waals surface area contributed by atoms with Crippen LogP contribution in [0.1, 0.15) is 37.7 Å². The minimum Gasteiger partial charge on any atom is -0.319 e. The molecular formula is C12H11F3N2S2. The van der Waals surface area contributed by atoms with Gasteiger partial charge in [0.05, 0.1) is 6.04 Å². The summed E-state index contributed by atoms with van der Waals surface area (Å²) in [5.74, 6) is 0. The summed E-state index contributed by atoms with van der Waals surface area (Å²) < 4.78 is 37.5. The van der Waals surface area contributed by atoms with Crippen molar-refractivity contribution in [3.05, 3.63) is 37.5 Å². The molecule has 3 rings (SSSR count). The molecule has 1 unspecified atom stereocenters. The molecule has 1 aliphatic carbocycles. The Balaban J connectivity index is 1.87. The van der Waals surface area contributed by atoms with Crippen LogP contribution in [0.5, 0.6) is 0 Å². The van der Waals surface area contributed by atoms with Crippen LogP contribution in [0.4, 0.5) is 13.2 Å². The van der Waals surface area contributed by atoms with E-state index in [1.165, 1.54) is 16.6 Å². The Hall–Kier alpha value is -0.920. The molecule has 0 amide bonds. The first-order valence-corrected chi connectivity index (χ1v) is 7.48. The first-order chi connectivity index (χ1) is 8.95. The van der Waals surface area contributed by atoms with E-state index in [0.29, 0.717) is 16.2 Å². The van der Waals surface area contributed by atoms with Gasteiger partial charge in [-0.15, -0.1) is 22.7 Å². The number of thiophene rings is 1. The number of alkyl halides is 3. The summed E-state index contributed by atoms with van der Waals surface area (Å²) in [7, 11) is 0. The van der Waals surface area contributed by atoms with Gasteiger partial charge in [0, 0.05) is 20.8 Å². The lowest BCUT2D eigenvalue weighted by Gasteiger charge is -2.06. The second-order valence-corrected chi connectivity index (χ2v) is 6.72. The quantitative estimate of drug-likeness (QED) is 0.917. The predicted molar refractivity (Wildman–Crippen MR) is 69.5 cm³/mol. The van der Waals surface area contributed by atoms with Gasteiger partial charge < -0.3 is 5.73 Å². The van der Waals surface area contributed by atoms with Gasteiger partial charge in [-0.05, 0) is 30.9 Å². The van der Waals surface area contributed by atoms with Gasteiger partial charge in [0.2, 0.25) is 0 Å². The molecule has 102 valence electrons. The molecule has 19 heavy (non-hydrogen) atoms. The van der Waals surface area contributed by atoms with Crippen molar-refractivity contribution in [2.24, 2.45) is 5.73 Å². The van der Waals surface area contributed by atoms with Crippen molar-refractivity contribution in [1.29, 1.82) is 0 Å². The van der Waals surface area contributed by atoms with E-state index in [9.17, 15) is 13.2 Å². The van der Waals surface area contributed by atoms with E-state index in [1.807, 2.05) is 6.07 Å². The van der Waals surface area contributed by atoms with Crippen molar-refractivity contribution >= 4 is 22.7 Å². The van der Waals surface area contributed by atoms with Crippen LogP contribution in [0.3, 0.4) is 0 Å². The van der Waals surface area contributed by atoms with Gasteiger partial charge in [-0.3, -0.25) is 0 Å². The monoisotopic (exact) mass is 304 g/mol. The number of fused-ring (bicyclic) bond motifs is 1. The van der Waals surface area contributed by atoms with E-state index in [0.717, 1.165) is 24.1 Å². The Morgan fingerprint density at radius 3 is 2.63 bits per heavy atom. The molecule has 0 spiro atoms. The third-order valence-electron chi connectivity index (χ3n) is 3.14. The molecule has 2 nitrogen and oxygen atoms in total. The van der Waals surface area contributed by atoms with Gasteiger partial charge in [0.15, 0.2) is 5.01 Å². The van der Waals surface area contributed by atoms with E-state index in [-0.39, 0.29) is 0 Å². The molecule has 2 N–H and O–H groups in total. The summed E-state index contributed by atoms with van der Waals surface area (Å²) in [6, 6.07) is 1.54. The van der Waals surface area contributed by atoms with Crippen molar-refractivity contribution in [3.8, 4) is 0 Å². The maximum absolute atomic E-state index is 12.5. The van der Waals surface area contributed by atoms with Crippen molar-refractivity contribution in [3.63, 3.8) is 0 Å². The summed E-state index contributed by atoms with van der Waals surface area (Å²) in [6.07, 6.45) is 0.122. The molecule has 2 aromatic rings. The van der Waals surface area contributed by atoms with Crippen molar-refractivity contribution < 1.29 is 13.2 Å². The zero-order chi connectivity index (χ0) is 13.6. The van der Waals surface area contributed by atoms with Crippen LogP contribution in [-0.4, -0.2) is 4.98 Å². The van der Waals surface area contributed by atoms with Gasteiger partial charge in [-0.25, -0.2) is 4.98 Å². The minimum absolute atomic E-state index is 0.465. The van der Waals surface area contributed by atoms with Crippen LogP contribution in [-0.2, 0) is 19.0 Å². The van der Waals surface area contributed by atoms with E-state index in [4.69, 9.17) is 5.73 Å². The molecule has 0 aromatic carbocycles. The first kappa shape index (κ1) is 13.1. The highest BCUT2D eigenvalue weighted by Crippen LogP contribution is 2.39. The van der Waals surface area contributed by atoms with Crippen LogP contribution in [0, 0.1) is 0 Å². The van der Waals surface area contributed by atoms with Crippen LogP contribution in [0.25, 0.3) is 0 Å². The highest BCUT2D eigenvalue weighted by atomic mass is 32.1. The Morgan fingerprint density at radius 1 is 1.21 bits per heavy atom.